The predicted molar refractivity (Wildman–Crippen MR) is 57.8 cm³/mol. The first kappa shape index (κ1) is 10.8. The highest BCUT2D eigenvalue weighted by Gasteiger charge is 2.08. The Morgan fingerprint density at radius 3 is 2.57 bits per heavy atom. The first-order valence-electron chi connectivity index (χ1n) is 4.88. The van der Waals surface area contributed by atoms with Crippen LogP contribution in [0.25, 0.3) is 0 Å². The lowest BCUT2D eigenvalue weighted by atomic mass is 9.96. The molecule has 1 aromatic rings. The van der Waals surface area contributed by atoms with Crippen LogP contribution in [0.2, 0.25) is 0 Å². The number of nitrogens with one attached hydrogen (secondary N) is 1. The minimum atomic E-state index is -0.209. The monoisotopic (exact) mass is 190 g/mol. The van der Waals surface area contributed by atoms with E-state index in [9.17, 15) is 4.79 Å². The Kier molecular flexibility index (Phi) is 4.17. The van der Waals surface area contributed by atoms with Crippen molar-refractivity contribution in [2.24, 2.45) is 0 Å². The molecule has 1 rings (SSSR count). The molecule has 14 heavy (non-hydrogen) atoms. The van der Waals surface area contributed by atoms with Crippen molar-refractivity contribution in [3.05, 3.63) is 42.8 Å². The lowest BCUT2D eigenvalue weighted by Gasteiger charge is -2.15. The summed E-state index contributed by atoms with van der Waals surface area (Å²) in [4.78, 5) is 10.7. The van der Waals surface area contributed by atoms with E-state index in [-0.39, 0.29) is 5.91 Å². The van der Waals surface area contributed by atoms with E-state index in [4.69, 9.17) is 0 Å². The van der Waals surface area contributed by atoms with Gasteiger partial charge in [0.15, 0.2) is 0 Å². The van der Waals surface area contributed by atoms with Gasteiger partial charge in [-0.3, -0.25) is 4.79 Å². The molecular weight excluding hydrogens is 174 g/mol. The van der Waals surface area contributed by atoms with Gasteiger partial charge in [0.25, 0.3) is 0 Å². The zero-order valence-corrected chi connectivity index (χ0v) is 8.49. The van der Waals surface area contributed by atoms with E-state index in [0.717, 1.165) is 6.42 Å². The molecule has 1 atom stereocenters. The molecule has 2 nitrogen and oxygen atoms in total. The molecule has 1 aromatic carbocycles. The van der Waals surface area contributed by atoms with Crippen molar-refractivity contribution in [3.63, 3.8) is 0 Å². The van der Waals surface area contributed by atoms with Gasteiger partial charge in [0.05, 0.1) is 0 Å². The second-order valence-corrected chi connectivity index (χ2v) is 3.32. The fourth-order valence-corrected chi connectivity index (χ4v) is 1.46. The maximum atomic E-state index is 10.7. The van der Waals surface area contributed by atoms with Crippen LogP contribution in [0.4, 0.5) is 0 Å². The van der Waals surface area contributed by atoms with Crippen molar-refractivity contribution in [3.8, 4) is 0 Å². The van der Waals surface area contributed by atoms with Gasteiger partial charge in [0, 0.05) is 19.4 Å². The van der Waals surface area contributed by atoms with Gasteiger partial charge in [-0.25, -0.2) is 0 Å². The van der Waals surface area contributed by atoms with E-state index < -0.39 is 0 Å². The Morgan fingerprint density at radius 1 is 1.43 bits per heavy atom. The molecule has 1 radical (unpaired) electrons. The fourth-order valence-electron chi connectivity index (χ4n) is 1.46. The quantitative estimate of drug-likeness (QED) is 0.774. The Hall–Kier alpha value is -1.31. The standard InChI is InChI=1S/C12H16NO/c1-3-11(9-13-10(2)14)12-7-5-4-6-8-12/h4-8,11H,2-3,9H2,1H3,(H,13,14). The number of rotatable bonds is 4. The summed E-state index contributed by atoms with van der Waals surface area (Å²) in [6.07, 6.45) is 1.02. The van der Waals surface area contributed by atoms with Gasteiger partial charge in [0.1, 0.15) is 0 Å². The number of carbonyl (C=O) groups excluding carboxylic acids is 1. The van der Waals surface area contributed by atoms with Crippen molar-refractivity contribution in [2.75, 3.05) is 6.54 Å². The van der Waals surface area contributed by atoms with Crippen molar-refractivity contribution < 1.29 is 4.79 Å². The van der Waals surface area contributed by atoms with Gasteiger partial charge in [-0.2, -0.15) is 0 Å². The van der Waals surface area contributed by atoms with E-state index in [1.54, 1.807) is 0 Å². The van der Waals surface area contributed by atoms with Gasteiger partial charge in [-0.15, -0.1) is 0 Å². The van der Waals surface area contributed by atoms with Crippen molar-refractivity contribution in [2.45, 2.75) is 19.3 Å². The summed E-state index contributed by atoms with van der Waals surface area (Å²) < 4.78 is 0. The molecule has 0 saturated heterocycles. The highest BCUT2D eigenvalue weighted by Crippen LogP contribution is 2.17. The number of benzene rings is 1. The molecule has 1 amide bonds. The molecule has 1 unspecified atom stereocenters. The van der Waals surface area contributed by atoms with Gasteiger partial charge in [-0.1, -0.05) is 37.3 Å². The van der Waals surface area contributed by atoms with Crippen molar-refractivity contribution >= 4 is 5.91 Å². The summed E-state index contributed by atoms with van der Waals surface area (Å²) in [5.41, 5.74) is 1.27. The zero-order valence-electron chi connectivity index (χ0n) is 8.49. The Morgan fingerprint density at radius 2 is 2.07 bits per heavy atom. The minimum absolute atomic E-state index is 0.209. The molecular formula is C12H16NO. The molecule has 75 valence electrons. The molecule has 0 aromatic heterocycles. The molecule has 0 aliphatic heterocycles. The van der Waals surface area contributed by atoms with E-state index in [0.29, 0.717) is 12.5 Å². The van der Waals surface area contributed by atoms with E-state index >= 15 is 0 Å². The lowest BCUT2D eigenvalue weighted by Crippen LogP contribution is -2.25. The third-order valence-corrected chi connectivity index (χ3v) is 2.31. The average molecular weight is 190 g/mol. The average Bonchev–Trinajstić information content (AvgIpc) is 2.20. The third-order valence-electron chi connectivity index (χ3n) is 2.31. The Bertz CT molecular complexity index is 282. The van der Waals surface area contributed by atoms with Gasteiger partial charge in [0.2, 0.25) is 5.91 Å². The molecule has 0 spiro atoms. The molecule has 0 bridgehead atoms. The molecule has 0 heterocycles. The number of hydrogen-bond donors (Lipinski definition) is 1. The highest BCUT2D eigenvalue weighted by molar-refractivity contribution is 5.80. The fraction of sp³-hybridized carbons (Fsp3) is 0.333. The van der Waals surface area contributed by atoms with Crippen LogP contribution >= 0.6 is 0 Å². The molecule has 1 N–H and O–H groups in total. The molecule has 2 heteroatoms. The van der Waals surface area contributed by atoms with Crippen LogP contribution in [0.1, 0.15) is 24.8 Å². The van der Waals surface area contributed by atoms with Crippen LogP contribution in [0.5, 0.6) is 0 Å². The van der Waals surface area contributed by atoms with E-state index in [2.05, 4.69) is 31.3 Å². The van der Waals surface area contributed by atoms with Crippen LogP contribution in [0.15, 0.2) is 30.3 Å². The SMILES string of the molecule is [CH2]C(=O)NCC(CC)c1ccccc1. The normalized spacial score (nSPS) is 12.1. The van der Waals surface area contributed by atoms with Gasteiger partial charge >= 0.3 is 0 Å². The maximum absolute atomic E-state index is 10.7. The van der Waals surface area contributed by atoms with Crippen LogP contribution in [0, 0.1) is 6.92 Å². The largest absolute Gasteiger partial charge is 0.355 e. The summed E-state index contributed by atoms with van der Waals surface area (Å²) in [6, 6.07) is 10.2. The molecule has 0 aliphatic rings. The van der Waals surface area contributed by atoms with E-state index in [1.165, 1.54) is 5.56 Å². The summed E-state index contributed by atoms with van der Waals surface area (Å²) in [5.74, 6) is 0.182. The molecule has 0 saturated carbocycles. The smallest absolute Gasteiger partial charge is 0.220 e. The van der Waals surface area contributed by atoms with Crippen molar-refractivity contribution in [1.29, 1.82) is 0 Å². The third kappa shape index (κ3) is 3.21. The second kappa shape index (κ2) is 5.43. The maximum Gasteiger partial charge on any atom is 0.220 e. The van der Waals surface area contributed by atoms with Gasteiger partial charge in [-0.05, 0) is 12.0 Å². The number of amides is 1. The van der Waals surface area contributed by atoms with Crippen molar-refractivity contribution in [1.82, 2.24) is 5.32 Å². The Labute approximate surface area is 85.3 Å². The van der Waals surface area contributed by atoms with Crippen LogP contribution in [-0.4, -0.2) is 12.5 Å². The van der Waals surface area contributed by atoms with E-state index in [1.807, 2.05) is 18.2 Å². The second-order valence-electron chi connectivity index (χ2n) is 3.32. The summed E-state index contributed by atoms with van der Waals surface area (Å²) in [5, 5.41) is 2.74. The molecule has 0 fully saturated rings. The van der Waals surface area contributed by atoms with Crippen LogP contribution in [0.3, 0.4) is 0 Å². The lowest BCUT2D eigenvalue weighted by molar-refractivity contribution is -0.116. The van der Waals surface area contributed by atoms with Crippen LogP contribution in [-0.2, 0) is 4.79 Å². The van der Waals surface area contributed by atoms with Gasteiger partial charge < -0.3 is 5.32 Å². The summed E-state index contributed by atoms with van der Waals surface area (Å²) in [7, 11) is 0. The predicted octanol–water partition coefficient (Wildman–Crippen LogP) is 2.13. The first-order valence-corrected chi connectivity index (χ1v) is 4.88. The topological polar surface area (TPSA) is 29.1 Å². The molecule has 0 aliphatic carbocycles. The van der Waals surface area contributed by atoms with Crippen LogP contribution < -0.4 is 5.32 Å². The number of hydrogen-bond acceptors (Lipinski definition) is 1. The zero-order chi connectivity index (χ0) is 10.4. The first-order chi connectivity index (χ1) is 6.74. The number of carbonyl (C=O) groups is 1. The Balaban J connectivity index is 2.58. The summed E-state index contributed by atoms with van der Waals surface area (Å²) in [6.45, 7) is 6.08. The summed E-state index contributed by atoms with van der Waals surface area (Å²) >= 11 is 0. The highest BCUT2D eigenvalue weighted by atomic mass is 16.1. The minimum Gasteiger partial charge on any atom is -0.355 e.